The van der Waals surface area contributed by atoms with Gasteiger partial charge in [-0.3, -0.25) is 4.68 Å². The van der Waals surface area contributed by atoms with Gasteiger partial charge in [0.2, 0.25) is 0 Å². The summed E-state index contributed by atoms with van der Waals surface area (Å²) in [4.78, 5) is 9.28. The smallest absolute Gasteiger partial charge is 0.151 e. The molecule has 1 fully saturated rings. The minimum Gasteiger partial charge on any atom is -0.382 e. The van der Waals surface area contributed by atoms with Crippen LogP contribution in [0.4, 0.5) is 5.82 Å². The van der Waals surface area contributed by atoms with Crippen LogP contribution in [0.3, 0.4) is 0 Å². The van der Waals surface area contributed by atoms with Crippen molar-refractivity contribution in [1.82, 2.24) is 34.2 Å². The number of aryl methyl sites for hydroxylation is 1. The topological polar surface area (TPSA) is 80.5 Å². The molecule has 1 saturated heterocycles. The molecule has 0 saturated carbocycles. The number of hydrogen-bond donors (Lipinski definition) is 1. The third-order valence-electron chi connectivity index (χ3n) is 7.46. The second-order valence-electron chi connectivity index (χ2n) is 10.1. The number of benzene rings is 2. The first-order valence-corrected chi connectivity index (χ1v) is 13.2. The standard InChI is InChI=1S/C29H34N8/c1-34-13-15-35(16-14-34)12-6-5-9-25-18-26(28-29(30)31-21-32-37(25)28)23-10-11-24-20-36(33-27(24)17-23)19-22-7-3-2-4-8-22/h2-4,7-8,10-11,17-18,20-21H,5-6,9,12-16,19H2,1H3,(H2,30,31,32). The Morgan fingerprint density at radius 3 is 2.62 bits per heavy atom. The summed E-state index contributed by atoms with van der Waals surface area (Å²) in [5.41, 5.74) is 12.8. The first kappa shape index (κ1) is 23.6. The summed E-state index contributed by atoms with van der Waals surface area (Å²) in [7, 11) is 2.20. The molecule has 2 N–H and O–H groups in total. The van der Waals surface area contributed by atoms with Crippen LogP contribution in [0.25, 0.3) is 27.5 Å². The summed E-state index contributed by atoms with van der Waals surface area (Å²) in [6, 6.07) is 19.1. The number of hydrogen-bond acceptors (Lipinski definition) is 6. The van der Waals surface area contributed by atoms with Crippen molar-refractivity contribution in [3.05, 3.63) is 78.4 Å². The predicted molar refractivity (Wildman–Crippen MR) is 149 cm³/mol. The van der Waals surface area contributed by atoms with Gasteiger partial charge in [0.05, 0.1) is 12.1 Å². The number of nitrogens with two attached hydrogens (primary N) is 1. The van der Waals surface area contributed by atoms with E-state index >= 15 is 0 Å². The van der Waals surface area contributed by atoms with Crippen LogP contribution in [0.2, 0.25) is 0 Å². The largest absolute Gasteiger partial charge is 0.382 e. The first-order valence-electron chi connectivity index (χ1n) is 13.2. The molecule has 0 unspecified atom stereocenters. The molecular weight excluding hydrogens is 460 g/mol. The zero-order chi connectivity index (χ0) is 25.2. The van der Waals surface area contributed by atoms with Crippen molar-refractivity contribution >= 4 is 22.2 Å². The average Bonchev–Trinajstić information content (AvgIpc) is 3.49. The number of nitrogens with zero attached hydrogens (tertiary/aromatic N) is 7. The molecule has 8 heteroatoms. The van der Waals surface area contributed by atoms with Crippen LogP contribution in [0.5, 0.6) is 0 Å². The van der Waals surface area contributed by atoms with Gasteiger partial charge in [-0.1, -0.05) is 42.5 Å². The zero-order valence-corrected chi connectivity index (χ0v) is 21.4. The third kappa shape index (κ3) is 5.08. The fraction of sp³-hybridized carbons (Fsp3) is 0.345. The number of likely N-dealkylation sites (N-methyl/N-ethyl adjacent to an activating group) is 1. The summed E-state index contributed by atoms with van der Waals surface area (Å²) < 4.78 is 3.98. The minimum absolute atomic E-state index is 0.503. The SMILES string of the molecule is CN1CCN(CCCCc2cc(-c3ccc4cn(Cc5ccccc5)nc4c3)c3c(N)ncnn23)CC1. The zero-order valence-electron chi connectivity index (χ0n) is 21.4. The van der Waals surface area contributed by atoms with Crippen molar-refractivity contribution in [3.63, 3.8) is 0 Å². The summed E-state index contributed by atoms with van der Waals surface area (Å²) in [6.45, 7) is 6.57. The molecular formula is C29H34N8. The number of nitrogen functional groups attached to an aromatic ring is 1. The highest BCUT2D eigenvalue weighted by Crippen LogP contribution is 2.32. The Morgan fingerprint density at radius 2 is 1.78 bits per heavy atom. The molecule has 6 rings (SSSR count). The van der Waals surface area contributed by atoms with Crippen molar-refractivity contribution in [2.75, 3.05) is 45.5 Å². The van der Waals surface area contributed by atoms with Crippen LogP contribution in [-0.2, 0) is 13.0 Å². The Bertz CT molecular complexity index is 1490. The highest BCUT2D eigenvalue weighted by atomic mass is 15.3. The molecule has 0 amide bonds. The van der Waals surface area contributed by atoms with E-state index in [1.807, 2.05) is 15.3 Å². The lowest BCUT2D eigenvalue weighted by Crippen LogP contribution is -2.44. The van der Waals surface area contributed by atoms with E-state index < -0.39 is 0 Å². The van der Waals surface area contributed by atoms with Gasteiger partial charge in [0.25, 0.3) is 0 Å². The second-order valence-corrected chi connectivity index (χ2v) is 10.1. The van der Waals surface area contributed by atoms with Crippen molar-refractivity contribution in [3.8, 4) is 11.1 Å². The van der Waals surface area contributed by atoms with Crippen LogP contribution < -0.4 is 5.73 Å². The molecule has 5 aromatic rings. The quantitative estimate of drug-likeness (QED) is 0.329. The number of fused-ring (bicyclic) bond motifs is 2. The Labute approximate surface area is 217 Å². The molecule has 0 spiro atoms. The number of aromatic nitrogens is 5. The van der Waals surface area contributed by atoms with E-state index in [1.54, 1.807) is 6.33 Å². The van der Waals surface area contributed by atoms with Crippen LogP contribution in [-0.4, -0.2) is 73.9 Å². The fourth-order valence-electron chi connectivity index (χ4n) is 5.33. The van der Waals surface area contributed by atoms with Crippen LogP contribution in [0.1, 0.15) is 24.1 Å². The van der Waals surface area contributed by atoms with Crippen molar-refractivity contribution in [2.45, 2.75) is 25.8 Å². The Morgan fingerprint density at radius 1 is 0.946 bits per heavy atom. The normalized spacial score (nSPS) is 15.2. The Hall–Kier alpha value is -3.75. The van der Waals surface area contributed by atoms with Crippen LogP contribution in [0, 0.1) is 0 Å². The highest BCUT2D eigenvalue weighted by Gasteiger charge is 2.17. The molecule has 1 aliphatic rings. The van der Waals surface area contributed by atoms with E-state index in [4.69, 9.17) is 10.8 Å². The maximum atomic E-state index is 6.37. The van der Waals surface area contributed by atoms with E-state index in [0.29, 0.717) is 5.82 Å². The van der Waals surface area contributed by atoms with Crippen LogP contribution >= 0.6 is 0 Å². The number of unbranched alkanes of at least 4 members (excludes halogenated alkanes) is 1. The molecule has 8 nitrogen and oxygen atoms in total. The molecule has 2 aromatic carbocycles. The molecule has 190 valence electrons. The van der Waals surface area contributed by atoms with Gasteiger partial charge in [-0.2, -0.15) is 10.2 Å². The highest BCUT2D eigenvalue weighted by molar-refractivity contribution is 5.92. The van der Waals surface area contributed by atoms with Gasteiger partial charge < -0.3 is 15.5 Å². The van der Waals surface area contributed by atoms with E-state index in [9.17, 15) is 0 Å². The summed E-state index contributed by atoms with van der Waals surface area (Å²) in [5, 5.41) is 10.5. The molecule has 0 aliphatic carbocycles. The van der Waals surface area contributed by atoms with Gasteiger partial charge in [-0.15, -0.1) is 0 Å². The minimum atomic E-state index is 0.503. The molecule has 4 heterocycles. The fourth-order valence-corrected chi connectivity index (χ4v) is 5.33. The summed E-state index contributed by atoms with van der Waals surface area (Å²) >= 11 is 0. The number of anilines is 1. The Balaban J connectivity index is 1.22. The number of piperazine rings is 1. The summed E-state index contributed by atoms with van der Waals surface area (Å²) in [6.07, 6.45) is 6.91. The van der Waals surface area contributed by atoms with Gasteiger partial charge in [-0.05, 0) is 56.1 Å². The lowest BCUT2D eigenvalue weighted by Gasteiger charge is -2.32. The van der Waals surface area contributed by atoms with Gasteiger partial charge in [0, 0.05) is 49.0 Å². The molecule has 0 bridgehead atoms. The van der Waals surface area contributed by atoms with Gasteiger partial charge >= 0.3 is 0 Å². The van der Waals surface area contributed by atoms with Crippen LogP contribution in [0.15, 0.2) is 67.1 Å². The lowest BCUT2D eigenvalue weighted by molar-refractivity contribution is 0.152. The molecule has 1 aliphatic heterocycles. The van der Waals surface area contributed by atoms with E-state index in [1.165, 1.54) is 30.8 Å². The van der Waals surface area contributed by atoms with E-state index in [0.717, 1.165) is 66.6 Å². The van der Waals surface area contributed by atoms with Gasteiger partial charge in [0.1, 0.15) is 11.8 Å². The maximum absolute atomic E-state index is 6.37. The monoisotopic (exact) mass is 494 g/mol. The van der Waals surface area contributed by atoms with Gasteiger partial charge in [0.15, 0.2) is 5.82 Å². The van der Waals surface area contributed by atoms with Gasteiger partial charge in [-0.25, -0.2) is 9.50 Å². The lowest BCUT2D eigenvalue weighted by atomic mass is 10.0. The number of rotatable bonds is 8. The van der Waals surface area contributed by atoms with Crippen molar-refractivity contribution in [2.24, 2.45) is 0 Å². The van der Waals surface area contributed by atoms with Crippen molar-refractivity contribution < 1.29 is 0 Å². The first-order chi connectivity index (χ1) is 18.1. The molecule has 0 radical (unpaired) electrons. The maximum Gasteiger partial charge on any atom is 0.151 e. The van der Waals surface area contributed by atoms with Crippen molar-refractivity contribution in [1.29, 1.82) is 0 Å². The molecule has 3 aromatic heterocycles. The second kappa shape index (κ2) is 10.3. The Kier molecular flexibility index (Phi) is 6.59. The third-order valence-corrected chi connectivity index (χ3v) is 7.46. The van der Waals surface area contributed by atoms with E-state index in [-0.39, 0.29) is 0 Å². The molecule has 37 heavy (non-hydrogen) atoms. The molecule has 0 atom stereocenters. The predicted octanol–water partition coefficient (Wildman–Crippen LogP) is 3.95. The van der Waals surface area contributed by atoms with E-state index in [2.05, 4.69) is 81.7 Å². The average molecular weight is 495 g/mol. The summed E-state index contributed by atoms with van der Waals surface area (Å²) in [5.74, 6) is 0.503.